The number of unbranched alkanes of at least 4 members (excludes halogenated alkanes) is 2. The van der Waals surface area contributed by atoms with E-state index < -0.39 is 0 Å². The maximum atomic E-state index is 11.9. The summed E-state index contributed by atoms with van der Waals surface area (Å²) < 4.78 is 11.1. The maximum Gasteiger partial charge on any atom is 0.338 e. The second kappa shape index (κ2) is 13.2. The SMILES string of the molecule is O=C(OCCCC[C@@H]1CC[C@@H](CCCCOCc2ccccc2)N1)c1ccccc1. The van der Waals surface area contributed by atoms with E-state index in [9.17, 15) is 4.79 Å². The highest BCUT2D eigenvalue weighted by molar-refractivity contribution is 5.89. The van der Waals surface area contributed by atoms with Crippen molar-refractivity contribution < 1.29 is 14.3 Å². The van der Waals surface area contributed by atoms with Gasteiger partial charge in [0.05, 0.1) is 18.8 Å². The molecule has 1 heterocycles. The fraction of sp³-hybridized carbons (Fsp3) is 0.500. The zero-order valence-electron chi connectivity index (χ0n) is 17.9. The van der Waals surface area contributed by atoms with E-state index in [1.807, 2.05) is 24.3 Å². The van der Waals surface area contributed by atoms with Crippen LogP contribution < -0.4 is 5.32 Å². The van der Waals surface area contributed by atoms with Crippen LogP contribution in [-0.2, 0) is 16.1 Å². The summed E-state index contributed by atoms with van der Waals surface area (Å²) in [5.41, 5.74) is 1.87. The van der Waals surface area contributed by atoms with Crippen molar-refractivity contribution in [1.29, 1.82) is 0 Å². The highest BCUT2D eigenvalue weighted by atomic mass is 16.5. The summed E-state index contributed by atoms with van der Waals surface area (Å²) in [6.07, 6.45) is 9.31. The van der Waals surface area contributed by atoms with Crippen molar-refractivity contribution in [3.05, 3.63) is 71.8 Å². The molecule has 1 aliphatic rings. The summed E-state index contributed by atoms with van der Waals surface area (Å²) in [6, 6.07) is 20.8. The molecule has 0 amide bonds. The Morgan fingerprint density at radius 1 is 0.800 bits per heavy atom. The van der Waals surface area contributed by atoms with Gasteiger partial charge in [-0.1, -0.05) is 48.5 Å². The van der Waals surface area contributed by atoms with E-state index in [4.69, 9.17) is 9.47 Å². The molecule has 4 heteroatoms. The highest BCUT2D eigenvalue weighted by Crippen LogP contribution is 2.20. The van der Waals surface area contributed by atoms with Crippen molar-refractivity contribution in [2.75, 3.05) is 13.2 Å². The largest absolute Gasteiger partial charge is 0.462 e. The van der Waals surface area contributed by atoms with Gasteiger partial charge in [-0.05, 0) is 69.1 Å². The molecular formula is C26H35NO3. The summed E-state index contributed by atoms with van der Waals surface area (Å²) >= 11 is 0. The van der Waals surface area contributed by atoms with Crippen LogP contribution in [0.1, 0.15) is 67.3 Å². The lowest BCUT2D eigenvalue weighted by atomic mass is 10.1. The molecule has 1 fully saturated rings. The highest BCUT2D eigenvalue weighted by Gasteiger charge is 2.22. The summed E-state index contributed by atoms with van der Waals surface area (Å²) in [5, 5.41) is 3.78. The van der Waals surface area contributed by atoms with Crippen LogP contribution in [0.3, 0.4) is 0 Å². The molecule has 2 aromatic carbocycles. The Morgan fingerprint density at radius 2 is 1.40 bits per heavy atom. The quantitative estimate of drug-likeness (QED) is 0.349. The smallest absolute Gasteiger partial charge is 0.338 e. The third-order valence-corrected chi connectivity index (χ3v) is 5.73. The van der Waals surface area contributed by atoms with Gasteiger partial charge in [0.15, 0.2) is 0 Å². The molecule has 0 bridgehead atoms. The Labute approximate surface area is 181 Å². The van der Waals surface area contributed by atoms with Crippen molar-refractivity contribution in [1.82, 2.24) is 5.32 Å². The third-order valence-electron chi connectivity index (χ3n) is 5.73. The van der Waals surface area contributed by atoms with Gasteiger partial charge in [-0.25, -0.2) is 4.79 Å². The van der Waals surface area contributed by atoms with Crippen molar-refractivity contribution in [2.45, 2.75) is 70.1 Å². The minimum absolute atomic E-state index is 0.220. The van der Waals surface area contributed by atoms with Crippen molar-refractivity contribution in [3.63, 3.8) is 0 Å². The maximum absolute atomic E-state index is 11.9. The Hall–Kier alpha value is -2.17. The molecule has 162 valence electrons. The van der Waals surface area contributed by atoms with E-state index in [-0.39, 0.29) is 5.97 Å². The van der Waals surface area contributed by atoms with E-state index >= 15 is 0 Å². The van der Waals surface area contributed by atoms with Crippen LogP contribution in [0.2, 0.25) is 0 Å². The first kappa shape index (κ1) is 22.5. The first-order chi connectivity index (χ1) is 14.8. The Kier molecular flexibility index (Phi) is 9.90. The second-order valence-electron chi connectivity index (χ2n) is 8.17. The minimum Gasteiger partial charge on any atom is -0.462 e. The standard InChI is InChI=1S/C26H35NO3/c28-26(23-13-5-2-6-14-23)30-20-10-8-16-25-18-17-24(27-25)15-7-9-19-29-21-22-11-3-1-4-12-22/h1-6,11-14,24-25,27H,7-10,15-21H2/t24-,25-/m1/s1. The number of hydrogen-bond acceptors (Lipinski definition) is 4. The van der Waals surface area contributed by atoms with Gasteiger partial charge in [0.25, 0.3) is 0 Å². The molecule has 0 spiro atoms. The fourth-order valence-electron chi connectivity index (χ4n) is 4.03. The molecule has 0 saturated carbocycles. The van der Waals surface area contributed by atoms with E-state index in [0.717, 1.165) is 25.9 Å². The molecule has 0 aromatic heterocycles. The van der Waals surface area contributed by atoms with Gasteiger partial charge in [-0.2, -0.15) is 0 Å². The first-order valence-corrected chi connectivity index (χ1v) is 11.4. The average Bonchev–Trinajstić information content (AvgIpc) is 3.24. The molecule has 0 radical (unpaired) electrons. The van der Waals surface area contributed by atoms with Crippen LogP contribution in [0.4, 0.5) is 0 Å². The topological polar surface area (TPSA) is 47.6 Å². The molecule has 3 rings (SSSR count). The Bertz CT molecular complexity index is 720. The number of hydrogen-bond donors (Lipinski definition) is 1. The lowest BCUT2D eigenvalue weighted by Crippen LogP contribution is -2.29. The number of carbonyl (C=O) groups excluding carboxylic acids is 1. The van der Waals surface area contributed by atoms with Gasteiger partial charge in [0.1, 0.15) is 0 Å². The van der Waals surface area contributed by atoms with Crippen molar-refractivity contribution >= 4 is 5.97 Å². The van der Waals surface area contributed by atoms with Gasteiger partial charge < -0.3 is 14.8 Å². The summed E-state index contributed by atoms with van der Waals surface area (Å²) in [7, 11) is 0. The minimum atomic E-state index is -0.220. The second-order valence-corrected chi connectivity index (χ2v) is 8.17. The van der Waals surface area contributed by atoms with Gasteiger partial charge in [0, 0.05) is 18.7 Å². The van der Waals surface area contributed by atoms with Crippen LogP contribution in [0, 0.1) is 0 Å². The summed E-state index contributed by atoms with van der Waals surface area (Å²) in [4.78, 5) is 11.9. The van der Waals surface area contributed by atoms with Crippen molar-refractivity contribution in [2.24, 2.45) is 0 Å². The van der Waals surface area contributed by atoms with Crippen LogP contribution in [0.25, 0.3) is 0 Å². The van der Waals surface area contributed by atoms with Crippen LogP contribution in [-0.4, -0.2) is 31.3 Å². The fourth-order valence-corrected chi connectivity index (χ4v) is 4.03. The molecular weight excluding hydrogens is 374 g/mol. The predicted octanol–water partition coefficient (Wildman–Crippen LogP) is 5.52. The van der Waals surface area contributed by atoms with Gasteiger partial charge in [-0.15, -0.1) is 0 Å². The molecule has 2 atom stereocenters. The van der Waals surface area contributed by atoms with Crippen molar-refractivity contribution in [3.8, 4) is 0 Å². The van der Waals surface area contributed by atoms with Gasteiger partial charge in [0.2, 0.25) is 0 Å². The van der Waals surface area contributed by atoms with E-state index in [1.165, 1.54) is 37.7 Å². The molecule has 4 nitrogen and oxygen atoms in total. The number of rotatable bonds is 13. The van der Waals surface area contributed by atoms with Crippen LogP contribution >= 0.6 is 0 Å². The Balaban J connectivity index is 1.15. The Morgan fingerprint density at radius 3 is 2.07 bits per heavy atom. The first-order valence-electron chi connectivity index (χ1n) is 11.4. The normalized spacial score (nSPS) is 18.4. The van der Waals surface area contributed by atoms with Gasteiger partial charge in [-0.3, -0.25) is 0 Å². The molecule has 1 aliphatic heterocycles. The third kappa shape index (κ3) is 8.29. The lowest BCUT2D eigenvalue weighted by molar-refractivity contribution is 0.0497. The number of esters is 1. The van der Waals surface area contributed by atoms with Gasteiger partial charge >= 0.3 is 5.97 Å². The average molecular weight is 410 g/mol. The zero-order valence-corrected chi connectivity index (χ0v) is 17.9. The number of carbonyl (C=O) groups is 1. The van der Waals surface area contributed by atoms with Crippen LogP contribution in [0.5, 0.6) is 0 Å². The molecule has 1 saturated heterocycles. The summed E-state index contributed by atoms with van der Waals surface area (Å²) in [5.74, 6) is -0.220. The lowest BCUT2D eigenvalue weighted by Gasteiger charge is -2.14. The van der Waals surface area contributed by atoms with Crippen LogP contribution in [0.15, 0.2) is 60.7 Å². The zero-order chi connectivity index (χ0) is 20.9. The molecule has 1 N–H and O–H groups in total. The number of ether oxygens (including phenoxy) is 2. The number of nitrogens with one attached hydrogen (secondary N) is 1. The monoisotopic (exact) mass is 409 g/mol. The van der Waals surface area contributed by atoms with E-state index in [2.05, 4.69) is 29.6 Å². The summed E-state index contributed by atoms with van der Waals surface area (Å²) in [6.45, 7) is 2.06. The molecule has 30 heavy (non-hydrogen) atoms. The molecule has 0 unspecified atom stereocenters. The van der Waals surface area contributed by atoms with E-state index in [0.29, 0.717) is 30.9 Å². The molecule has 0 aliphatic carbocycles. The predicted molar refractivity (Wildman–Crippen MR) is 120 cm³/mol. The van der Waals surface area contributed by atoms with E-state index in [1.54, 1.807) is 12.1 Å². The number of benzene rings is 2. The molecule has 2 aromatic rings.